The molecule has 2 heterocycles. The van der Waals surface area contributed by atoms with Gasteiger partial charge in [0.05, 0.1) is 36.1 Å². The molecule has 0 atom stereocenters. The Kier molecular flexibility index (Phi) is 7.15. The van der Waals surface area contributed by atoms with E-state index in [-0.39, 0.29) is 0 Å². The topological polar surface area (TPSA) is 66.7 Å². The van der Waals surface area contributed by atoms with Gasteiger partial charge < -0.3 is 4.74 Å². The fourth-order valence-corrected chi connectivity index (χ4v) is 5.22. The van der Waals surface area contributed by atoms with Crippen molar-refractivity contribution in [2.75, 3.05) is 7.11 Å². The Balaban J connectivity index is 1.48. The summed E-state index contributed by atoms with van der Waals surface area (Å²) in [6, 6.07) is 23.6. The average molecular weight is 525 g/mol. The number of rotatable bonds is 8. The number of methoxy groups -OCH3 is 1. The van der Waals surface area contributed by atoms with Crippen molar-refractivity contribution in [3.8, 4) is 11.4 Å². The van der Waals surface area contributed by atoms with E-state index in [1.807, 2.05) is 70.5 Å². The average Bonchev–Trinajstić information content (AvgIpc) is 3.50. The van der Waals surface area contributed by atoms with Crippen LogP contribution in [0.25, 0.3) is 5.69 Å². The number of nitrogens with zero attached hydrogens (tertiary/aromatic N) is 4. The van der Waals surface area contributed by atoms with E-state index in [2.05, 4.69) is 33.4 Å². The van der Waals surface area contributed by atoms with E-state index >= 15 is 0 Å². The summed E-state index contributed by atoms with van der Waals surface area (Å²) in [5, 5.41) is 13.2. The van der Waals surface area contributed by atoms with Gasteiger partial charge in [-0.3, -0.25) is 5.01 Å². The van der Waals surface area contributed by atoms with E-state index in [9.17, 15) is 0 Å². The van der Waals surface area contributed by atoms with Crippen LogP contribution in [-0.4, -0.2) is 27.7 Å². The Hall–Kier alpha value is -3.17. The molecule has 0 saturated carbocycles. The third-order valence-electron chi connectivity index (χ3n) is 5.42. The highest BCUT2D eigenvalue weighted by molar-refractivity contribution is 7.98. The van der Waals surface area contributed by atoms with Crippen molar-refractivity contribution in [1.82, 2.24) is 25.9 Å². The molecule has 5 rings (SSSR count). The molecule has 0 bridgehead atoms. The molecule has 178 valence electrons. The summed E-state index contributed by atoms with van der Waals surface area (Å²) in [5.41, 5.74) is 9.92. The van der Waals surface area contributed by atoms with Gasteiger partial charge in [-0.05, 0) is 41.5 Å². The minimum Gasteiger partial charge on any atom is -0.497 e. The second-order valence-electron chi connectivity index (χ2n) is 7.74. The number of benzene rings is 3. The second-order valence-corrected chi connectivity index (χ2v) is 9.55. The van der Waals surface area contributed by atoms with Crippen LogP contribution in [0.4, 0.5) is 0 Å². The Morgan fingerprint density at radius 1 is 0.971 bits per heavy atom. The zero-order valence-electron chi connectivity index (χ0n) is 18.8. The molecule has 0 radical (unpaired) electrons. The van der Waals surface area contributed by atoms with E-state index in [0.717, 1.165) is 39.2 Å². The fraction of sp³-hybridized carbons (Fsp3) is 0.120. The molecule has 1 aromatic heterocycles. The molecular weight excluding hydrogens is 503 g/mol. The molecule has 35 heavy (non-hydrogen) atoms. The predicted octanol–water partition coefficient (Wildman–Crippen LogP) is 5.67. The van der Waals surface area contributed by atoms with Gasteiger partial charge in [-0.2, -0.15) is 5.10 Å². The standard InChI is InChI=1S/C25H22Cl2N6OS/c1-34-20-10-7-17(8-11-20)15-32-24(29-30-31-32)21-14-28-33(23-12-9-19(26)13-22(23)27)25(21)35-16-18-5-3-2-4-6-18/h2-14,30-31H,15-16H2,1H3. The summed E-state index contributed by atoms with van der Waals surface area (Å²) in [6.07, 6.45) is 1.81. The number of hydrogen-bond donors (Lipinski definition) is 2. The number of nitrogens with one attached hydrogen (secondary N) is 2. The molecule has 10 heteroatoms. The molecule has 0 unspecified atom stereocenters. The SMILES string of the molecule is COc1ccc(CN2NNN=C2c2cnn(-c3ccc(Cl)cc3Cl)c2SCc2ccccc2)cc1. The van der Waals surface area contributed by atoms with Crippen molar-refractivity contribution in [2.24, 2.45) is 5.10 Å². The largest absolute Gasteiger partial charge is 0.497 e. The van der Waals surface area contributed by atoms with Gasteiger partial charge in [0.15, 0.2) is 5.84 Å². The second kappa shape index (κ2) is 10.6. The van der Waals surface area contributed by atoms with E-state index in [4.69, 9.17) is 27.9 Å². The van der Waals surface area contributed by atoms with Crippen molar-refractivity contribution in [3.63, 3.8) is 0 Å². The molecule has 3 aromatic carbocycles. The lowest BCUT2D eigenvalue weighted by Crippen LogP contribution is -2.40. The van der Waals surface area contributed by atoms with Crippen LogP contribution in [-0.2, 0) is 12.3 Å². The number of ether oxygens (including phenoxy) is 1. The van der Waals surface area contributed by atoms with Crippen molar-refractivity contribution in [2.45, 2.75) is 17.3 Å². The Morgan fingerprint density at radius 2 is 1.77 bits per heavy atom. The van der Waals surface area contributed by atoms with E-state index in [0.29, 0.717) is 16.6 Å². The van der Waals surface area contributed by atoms with E-state index < -0.39 is 0 Å². The highest BCUT2D eigenvalue weighted by Gasteiger charge is 2.26. The van der Waals surface area contributed by atoms with Crippen molar-refractivity contribution in [3.05, 3.63) is 106 Å². The summed E-state index contributed by atoms with van der Waals surface area (Å²) < 4.78 is 7.11. The quantitative estimate of drug-likeness (QED) is 0.289. The molecule has 0 fully saturated rings. The van der Waals surface area contributed by atoms with Gasteiger partial charge >= 0.3 is 0 Å². The van der Waals surface area contributed by atoms with Gasteiger partial charge in [-0.1, -0.05) is 65.7 Å². The first-order chi connectivity index (χ1) is 17.1. The normalized spacial score (nSPS) is 13.0. The first-order valence-corrected chi connectivity index (χ1v) is 12.6. The fourth-order valence-electron chi connectivity index (χ4n) is 3.67. The molecule has 0 aliphatic carbocycles. The first-order valence-electron chi connectivity index (χ1n) is 10.8. The van der Waals surface area contributed by atoms with E-state index in [1.54, 1.807) is 24.9 Å². The molecule has 1 aliphatic rings. The maximum Gasteiger partial charge on any atom is 0.177 e. The number of hydrazone groups is 1. The molecule has 1 aliphatic heterocycles. The highest BCUT2D eigenvalue weighted by atomic mass is 35.5. The molecule has 2 N–H and O–H groups in total. The van der Waals surface area contributed by atoms with Crippen LogP contribution in [0.3, 0.4) is 0 Å². The number of amidine groups is 1. The zero-order chi connectivity index (χ0) is 24.2. The van der Waals surface area contributed by atoms with Crippen LogP contribution in [0, 0.1) is 0 Å². The number of hydrogen-bond acceptors (Lipinski definition) is 7. The van der Waals surface area contributed by atoms with Crippen LogP contribution in [0.15, 0.2) is 89.1 Å². The smallest absolute Gasteiger partial charge is 0.177 e. The Morgan fingerprint density at radius 3 is 2.51 bits per heavy atom. The minimum atomic E-state index is 0.522. The third kappa shape index (κ3) is 5.26. The highest BCUT2D eigenvalue weighted by Crippen LogP contribution is 2.33. The lowest BCUT2D eigenvalue weighted by atomic mass is 10.2. The van der Waals surface area contributed by atoms with Crippen LogP contribution in [0.5, 0.6) is 5.75 Å². The summed E-state index contributed by atoms with van der Waals surface area (Å²) in [6.45, 7) is 0.589. The molecule has 4 aromatic rings. The van der Waals surface area contributed by atoms with E-state index in [1.165, 1.54) is 5.56 Å². The lowest BCUT2D eigenvalue weighted by molar-refractivity contribution is 0.287. The summed E-state index contributed by atoms with van der Waals surface area (Å²) >= 11 is 14.4. The van der Waals surface area contributed by atoms with Crippen LogP contribution < -0.4 is 15.8 Å². The number of hydrazine groups is 2. The molecule has 0 amide bonds. The maximum atomic E-state index is 6.55. The molecule has 0 spiro atoms. The van der Waals surface area contributed by atoms with Crippen molar-refractivity contribution in [1.29, 1.82) is 0 Å². The van der Waals surface area contributed by atoms with Crippen molar-refractivity contribution >= 4 is 40.8 Å². The first kappa shape index (κ1) is 23.6. The van der Waals surface area contributed by atoms with Gasteiger partial charge in [0, 0.05) is 10.8 Å². The van der Waals surface area contributed by atoms with Gasteiger partial charge in [-0.25, -0.2) is 10.2 Å². The monoisotopic (exact) mass is 524 g/mol. The third-order valence-corrected chi connectivity index (χ3v) is 7.11. The summed E-state index contributed by atoms with van der Waals surface area (Å²) in [4.78, 5) is 0. The zero-order valence-corrected chi connectivity index (χ0v) is 21.1. The molecule has 7 nitrogen and oxygen atoms in total. The van der Waals surface area contributed by atoms with Crippen LogP contribution in [0.2, 0.25) is 10.0 Å². The predicted molar refractivity (Wildman–Crippen MR) is 141 cm³/mol. The number of thioether (sulfide) groups is 1. The number of aromatic nitrogens is 2. The number of halogens is 2. The van der Waals surface area contributed by atoms with Gasteiger partial charge in [0.1, 0.15) is 10.8 Å². The summed E-state index contributed by atoms with van der Waals surface area (Å²) in [5.74, 6) is 2.31. The van der Waals surface area contributed by atoms with Crippen LogP contribution >= 0.6 is 35.0 Å². The minimum absolute atomic E-state index is 0.522. The Bertz CT molecular complexity index is 1340. The van der Waals surface area contributed by atoms with Crippen molar-refractivity contribution < 1.29 is 4.74 Å². The van der Waals surface area contributed by atoms with Crippen LogP contribution in [0.1, 0.15) is 16.7 Å². The van der Waals surface area contributed by atoms with Gasteiger partial charge in [0.25, 0.3) is 0 Å². The van der Waals surface area contributed by atoms with Gasteiger partial charge in [0.2, 0.25) is 0 Å². The van der Waals surface area contributed by atoms with Gasteiger partial charge in [-0.15, -0.1) is 22.4 Å². The molecular formula is C25H22Cl2N6OS. The maximum absolute atomic E-state index is 6.55. The lowest BCUT2D eigenvalue weighted by Gasteiger charge is -2.19. The Labute approximate surface area is 217 Å². The molecule has 0 saturated heterocycles. The summed E-state index contributed by atoms with van der Waals surface area (Å²) in [7, 11) is 1.66.